The number of aliphatic hydroxyl groups excluding tert-OH is 1. The van der Waals surface area contributed by atoms with E-state index in [1.54, 1.807) is 18.3 Å². The van der Waals surface area contributed by atoms with E-state index in [1.165, 1.54) is 0 Å². The van der Waals surface area contributed by atoms with Crippen LogP contribution in [0.25, 0.3) is 0 Å². The summed E-state index contributed by atoms with van der Waals surface area (Å²) in [5, 5.41) is 12.2. The molecule has 14 heavy (non-hydrogen) atoms. The van der Waals surface area contributed by atoms with Crippen molar-refractivity contribution < 1.29 is 9.90 Å². The van der Waals surface area contributed by atoms with Crippen LogP contribution in [0.2, 0.25) is 5.02 Å². The molecule has 1 amide bonds. The van der Waals surface area contributed by atoms with Crippen LogP contribution in [0.3, 0.4) is 0 Å². The van der Waals surface area contributed by atoms with E-state index in [9.17, 15) is 4.79 Å². The van der Waals surface area contributed by atoms with Gasteiger partial charge >= 0.3 is 0 Å². The number of hydrogen-bond donors (Lipinski definition) is 3. The molecule has 0 radical (unpaired) electrons. The highest BCUT2D eigenvalue weighted by Gasteiger charge is 2.10. The Hall–Kier alpha value is -1.33. The van der Waals surface area contributed by atoms with Gasteiger partial charge in [0.1, 0.15) is 11.9 Å². The van der Waals surface area contributed by atoms with Crippen LogP contribution in [0.15, 0.2) is 18.3 Å². The smallest absolute Gasteiger partial charge is 0.248 e. The maximum Gasteiger partial charge on any atom is 0.248 e. The first-order valence-corrected chi connectivity index (χ1v) is 4.31. The maximum absolute atomic E-state index is 10.5. The first kappa shape index (κ1) is 10.7. The van der Waals surface area contributed by atoms with Crippen LogP contribution in [0.5, 0.6) is 0 Å². The Kier molecular flexibility index (Phi) is 3.67. The molecule has 1 atom stereocenters. The molecule has 0 aliphatic heterocycles. The molecule has 1 rings (SSSR count). The van der Waals surface area contributed by atoms with Gasteiger partial charge in [-0.25, -0.2) is 4.98 Å². The number of nitrogens with one attached hydrogen (secondary N) is 1. The number of aromatic nitrogens is 1. The summed E-state index contributed by atoms with van der Waals surface area (Å²) in [6.07, 6.45) is 0.304. The average Bonchev–Trinajstić information content (AvgIpc) is 2.16. The molecule has 4 N–H and O–H groups in total. The first-order chi connectivity index (χ1) is 6.61. The third kappa shape index (κ3) is 2.86. The molecule has 0 saturated heterocycles. The molecular weight excluding hydrogens is 206 g/mol. The predicted octanol–water partition coefficient (Wildman–Crippen LogP) is -0.00690. The minimum atomic E-state index is -1.24. The minimum Gasteiger partial charge on any atom is -0.381 e. The molecule has 0 aliphatic carbocycles. The number of anilines is 1. The maximum atomic E-state index is 10.5. The Bertz CT molecular complexity index is 332. The van der Waals surface area contributed by atoms with E-state index < -0.39 is 12.0 Å². The third-order valence-electron chi connectivity index (χ3n) is 1.55. The zero-order chi connectivity index (χ0) is 10.6. The van der Waals surface area contributed by atoms with Crippen molar-refractivity contribution in [1.29, 1.82) is 0 Å². The number of rotatable bonds is 4. The fraction of sp³-hybridized carbons (Fsp3) is 0.250. The van der Waals surface area contributed by atoms with Gasteiger partial charge in [0, 0.05) is 6.20 Å². The van der Waals surface area contributed by atoms with Gasteiger partial charge in [0.25, 0.3) is 0 Å². The Morgan fingerprint density at radius 2 is 2.50 bits per heavy atom. The molecule has 76 valence electrons. The lowest BCUT2D eigenvalue weighted by molar-refractivity contribution is -0.125. The van der Waals surface area contributed by atoms with E-state index in [1.807, 2.05) is 0 Å². The quantitative estimate of drug-likeness (QED) is 0.659. The summed E-state index contributed by atoms with van der Waals surface area (Å²) in [5.74, 6) is -0.376. The normalized spacial score (nSPS) is 12.1. The molecule has 0 bridgehead atoms. The molecular formula is C8H10ClN3O2. The fourth-order valence-electron chi connectivity index (χ4n) is 0.810. The lowest BCUT2D eigenvalue weighted by Crippen LogP contribution is -2.34. The lowest BCUT2D eigenvalue weighted by atomic mass is 10.3. The summed E-state index contributed by atoms with van der Waals surface area (Å²) in [7, 11) is 0. The zero-order valence-electron chi connectivity index (χ0n) is 7.27. The standard InChI is InChI=1S/C8H10ClN3O2/c9-5-2-1-3-11-8(5)12-4-6(13)7(10)14/h1-3,6,13H,4H2,(H2,10,14)(H,11,12). The van der Waals surface area contributed by atoms with Crippen LogP contribution in [0.4, 0.5) is 5.82 Å². The topological polar surface area (TPSA) is 88.2 Å². The Morgan fingerprint density at radius 1 is 1.79 bits per heavy atom. The molecule has 0 aliphatic rings. The van der Waals surface area contributed by atoms with Gasteiger partial charge in [-0.05, 0) is 12.1 Å². The number of nitrogens with two attached hydrogens (primary N) is 1. The van der Waals surface area contributed by atoms with Gasteiger partial charge in [0.15, 0.2) is 0 Å². The number of carbonyl (C=O) groups is 1. The van der Waals surface area contributed by atoms with Crippen molar-refractivity contribution in [3.8, 4) is 0 Å². The third-order valence-corrected chi connectivity index (χ3v) is 1.85. The minimum absolute atomic E-state index is 0.00787. The summed E-state index contributed by atoms with van der Waals surface area (Å²) in [6.45, 7) is -0.00787. The number of nitrogens with zero attached hydrogens (tertiary/aromatic N) is 1. The zero-order valence-corrected chi connectivity index (χ0v) is 8.03. The Labute approximate surface area is 85.9 Å². The Balaban J connectivity index is 2.54. The van der Waals surface area contributed by atoms with E-state index in [4.69, 9.17) is 22.4 Å². The largest absolute Gasteiger partial charge is 0.381 e. The molecule has 0 saturated carbocycles. The number of primary amides is 1. The second-order valence-corrected chi connectivity index (χ2v) is 3.04. The number of hydrogen-bond acceptors (Lipinski definition) is 4. The number of pyridine rings is 1. The van der Waals surface area contributed by atoms with Gasteiger partial charge in [-0.3, -0.25) is 4.79 Å². The van der Waals surface area contributed by atoms with E-state index >= 15 is 0 Å². The Morgan fingerprint density at radius 3 is 3.07 bits per heavy atom. The highest BCUT2D eigenvalue weighted by molar-refractivity contribution is 6.32. The fourth-order valence-corrected chi connectivity index (χ4v) is 0.998. The molecule has 1 unspecified atom stereocenters. The SMILES string of the molecule is NC(=O)C(O)CNc1ncccc1Cl. The van der Waals surface area contributed by atoms with Gasteiger partial charge in [0.05, 0.1) is 11.6 Å². The van der Waals surface area contributed by atoms with Crippen molar-refractivity contribution in [2.75, 3.05) is 11.9 Å². The highest BCUT2D eigenvalue weighted by Crippen LogP contribution is 2.16. The van der Waals surface area contributed by atoms with Crippen molar-refractivity contribution >= 4 is 23.3 Å². The summed E-state index contributed by atoms with van der Waals surface area (Å²) < 4.78 is 0. The number of halogens is 1. The summed E-state index contributed by atoms with van der Waals surface area (Å²) in [4.78, 5) is 14.4. The van der Waals surface area contributed by atoms with Crippen LogP contribution in [0, 0.1) is 0 Å². The molecule has 1 heterocycles. The number of aliphatic hydroxyl groups is 1. The van der Waals surface area contributed by atoms with Gasteiger partial charge in [0.2, 0.25) is 5.91 Å². The predicted molar refractivity (Wildman–Crippen MR) is 52.9 cm³/mol. The van der Waals surface area contributed by atoms with Gasteiger partial charge in [-0.2, -0.15) is 0 Å². The summed E-state index contributed by atoms with van der Waals surface area (Å²) in [6, 6.07) is 3.32. The van der Waals surface area contributed by atoms with Crippen molar-refractivity contribution in [1.82, 2.24) is 4.98 Å². The van der Waals surface area contributed by atoms with Gasteiger partial charge < -0.3 is 16.2 Å². The number of carbonyl (C=O) groups excluding carboxylic acids is 1. The monoisotopic (exact) mass is 215 g/mol. The molecule has 0 aromatic carbocycles. The average molecular weight is 216 g/mol. The molecule has 6 heteroatoms. The summed E-state index contributed by atoms with van der Waals surface area (Å²) in [5.41, 5.74) is 4.86. The summed E-state index contributed by atoms with van der Waals surface area (Å²) >= 11 is 5.76. The van der Waals surface area contributed by atoms with Crippen molar-refractivity contribution in [2.45, 2.75) is 6.10 Å². The van der Waals surface area contributed by atoms with Crippen LogP contribution in [-0.4, -0.2) is 28.6 Å². The van der Waals surface area contributed by atoms with Crippen LogP contribution >= 0.6 is 11.6 Å². The lowest BCUT2D eigenvalue weighted by Gasteiger charge is -2.09. The van der Waals surface area contributed by atoms with Crippen LogP contribution in [-0.2, 0) is 4.79 Å². The van der Waals surface area contributed by atoms with Gasteiger partial charge in [-0.15, -0.1) is 0 Å². The van der Waals surface area contributed by atoms with E-state index in [0.29, 0.717) is 10.8 Å². The van der Waals surface area contributed by atoms with E-state index in [0.717, 1.165) is 0 Å². The molecule has 1 aromatic heterocycles. The second kappa shape index (κ2) is 4.78. The highest BCUT2D eigenvalue weighted by atomic mass is 35.5. The van der Waals surface area contributed by atoms with Crippen molar-refractivity contribution in [2.24, 2.45) is 5.73 Å². The molecule has 5 nitrogen and oxygen atoms in total. The molecule has 0 spiro atoms. The molecule has 0 fully saturated rings. The van der Waals surface area contributed by atoms with E-state index in [-0.39, 0.29) is 6.54 Å². The van der Waals surface area contributed by atoms with Crippen molar-refractivity contribution in [3.05, 3.63) is 23.4 Å². The first-order valence-electron chi connectivity index (χ1n) is 3.93. The van der Waals surface area contributed by atoms with Crippen molar-refractivity contribution in [3.63, 3.8) is 0 Å². The van der Waals surface area contributed by atoms with Crippen LogP contribution in [0.1, 0.15) is 0 Å². The second-order valence-electron chi connectivity index (χ2n) is 2.63. The van der Waals surface area contributed by atoms with E-state index in [2.05, 4.69) is 10.3 Å². The van der Waals surface area contributed by atoms with Gasteiger partial charge in [-0.1, -0.05) is 11.6 Å². The molecule has 1 aromatic rings. The van der Waals surface area contributed by atoms with Crippen LogP contribution < -0.4 is 11.1 Å². The number of amides is 1.